The lowest BCUT2D eigenvalue weighted by molar-refractivity contribution is -0.127. The molecule has 1 aliphatic heterocycles. The molecule has 0 aliphatic carbocycles. The van der Waals surface area contributed by atoms with Gasteiger partial charge in [0.25, 0.3) is 0 Å². The minimum atomic E-state index is -0.261. The molecule has 1 aromatic carbocycles. The largest absolute Gasteiger partial charge is 0.497 e. The highest BCUT2D eigenvalue weighted by molar-refractivity contribution is 6.11. The highest BCUT2D eigenvalue weighted by Gasteiger charge is 2.23. The first-order valence-corrected chi connectivity index (χ1v) is 7.28. The summed E-state index contributed by atoms with van der Waals surface area (Å²) in [7, 11) is 4.74. The summed E-state index contributed by atoms with van der Waals surface area (Å²) in [5.41, 5.74) is 1.39. The summed E-state index contributed by atoms with van der Waals surface area (Å²) in [6.07, 6.45) is 0.299. The highest BCUT2D eigenvalue weighted by atomic mass is 16.5. The Labute approximate surface area is 135 Å². The quantitative estimate of drug-likeness (QED) is 0.861. The van der Waals surface area contributed by atoms with Crippen molar-refractivity contribution < 1.29 is 19.1 Å². The maximum atomic E-state index is 12.2. The second kappa shape index (κ2) is 7.13. The van der Waals surface area contributed by atoms with Crippen molar-refractivity contribution in [3.8, 4) is 11.5 Å². The van der Waals surface area contributed by atoms with Crippen LogP contribution in [0.25, 0.3) is 0 Å². The van der Waals surface area contributed by atoms with E-state index in [9.17, 15) is 9.59 Å². The van der Waals surface area contributed by atoms with Gasteiger partial charge in [-0.2, -0.15) is 5.10 Å². The van der Waals surface area contributed by atoms with E-state index in [4.69, 9.17) is 9.47 Å². The van der Waals surface area contributed by atoms with Crippen LogP contribution >= 0.6 is 0 Å². The molecule has 1 unspecified atom stereocenters. The normalized spacial score (nSPS) is 15.2. The summed E-state index contributed by atoms with van der Waals surface area (Å²) in [4.78, 5) is 23.6. The molecule has 124 valence electrons. The van der Waals surface area contributed by atoms with Gasteiger partial charge in [-0.1, -0.05) is 0 Å². The van der Waals surface area contributed by atoms with Crippen molar-refractivity contribution in [3.05, 3.63) is 23.8 Å². The van der Waals surface area contributed by atoms with Crippen molar-refractivity contribution in [2.24, 2.45) is 5.10 Å². The Morgan fingerprint density at radius 1 is 1.39 bits per heavy atom. The summed E-state index contributed by atoms with van der Waals surface area (Å²) in [6, 6.07) is 5.16. The number of hydrogen-bond donors (Lipinski definition) is 1. The molecule has 0 bridgehead atoms. The number of ether oxygens (including phenoxy) is 2. The van der Waals surface area contributed by atoms with Crippen LogP contribution in [0.2, 0.25) is 0 Å². The SMILES string of the molecule is COc1ccc(OC)c(C(C)NC(=O)CC2=NN(C)C(=O)C2)c1. The summed E-state index contributed by atoms with van der Waals surface area (Å²) in [5.74, 6) is 1.07. The second-order valence-corrected chi connectivity index (χ2v) is 5.33. The van der Waals surface area contributed by atoms with Gasteiger partial charge >= 0.3 is 0 Å². The molecular weight excluding hydrogens is 298 g/mol. The molecule has 7 nitrogen and oxygen atoms in total. The summed E-state index contributed by atoms with van der Waals surface area (Å²) in [6.45, 7) is 1.86. The lowest BCUT2D eigenvalue weighted by atomic mass is 10.1. The monoisotopic (exact) mass is 319 g/mol. The molecule has 23 heavy (non-hydrogen) atoms. The molecule has 1 aliphatic rings. The van der Waals surface area contributed by atoms with Crippen molar-refractivity contribution in [1.82, 2.24) is 10.3 Å². The molecule has 1 aromatic rings. The van der Waals surface area contributed by atoms with Gasteiger partial charge < -0.3 is 14.8 Å². The van der Waals surface area contributed by atoms with Gasteiger partial charge in [-0.25, -0.2) is 5.01 Å². The van der Waals surface area contributed by atoms with Gasteiger partial charge in [0.15, 0.2) is 0 Å². The summed E-state index contributed by atoms with van der Waals surface area (Å²) < 4.78 is 10.5. The van der Waals surface area contributed by atoms with Crippen LogP contribution in [0.1, 0.15) is 31.4 Å². The number of hydrazone groups is 1. The van der Waals surface area contributed by atoms with E-state index in [1.165, 1.54) is 5.01 Å². The summed E-state index contributed by atoms with van der Waals surface area (Å²) in [5, 5.41) is 8.20. The third-order valence-corrected chi connectivity index (χ3v) is 3.65. The Kier molecular flexibility index (Phi) is 5.20. The molecule has 7 heteroatoms. The van der Waals surface area contributed by atoms with Crippen molar-refractivity contribution in [2.45, 2.75) is 25.8 Å². The van der Waals surface area contributed by atoms with Gasteiger partial charge in [0.1, 0.15) is 11.5 Å². The van der Waals surface area contributed by atoms with Gasteiger partial charge in [0, 0.05) is 12.6 Å². The molecule has 0 spiro atoms. The van der Waals surface area contributed by atoms with E-state index in [0.717, 1.165) is 5.56 Å². The lowest BCUT2D eigenvalue weighted by Crippen LogP contribution is -2.28. The lowest BCUT2D eigenvalue weighted by Gasteiger charge is -2.18. The molecule has 0 fully saturated rings. The Morgan fingerprint density at radius 3 is 2.70 bits per heavy atom. The zero-order valence-corrected chi connectivity index (χ0v) is 13.8. The molecule has 1 heterocycles. The molecular formula is C16H21N3O4. The fourth-order valence-electron chi connectivity index (χ4n) is 2.42. The first kappa shape index (κ1) is 16.8. The van der Waals surface area contributed by atoms with Crippen LogP contribution in [0.15, 0.2) is 23.3 Å². The number of rotatable bonds is 6. The Hall–Kier alpha value is -2.57. The van der Waals surface area contributed by atoms with E-state index in [2.05, 4.69) is 10.4 Å². The Balaban J connectivity index is 2.04. The third kappa shape index (κ3) is 4.00. The predicted octanol–water partition coefficient (Wildman–Crippen LogP) is 1.49. The van der Waals surface area contributed by atoms with Crippen LogP contribution in [0, 0.1) is 0 Å². The number of benzene rings is 1. The first-order chi connectivity index (χ1) is 10.9. The van der Waals surface area contributed by atoms with E-state index >= 15 is 0 Å². The number of nitrogens with zero attached hydrogens (tertiary/aromatic N) is 2. The molecule has 0 radical (unpaired) electrons. The number of amides is 2. The van der Waals surface area contributed by atoms with E-state index in [-0.39, 0.29) is 30.7 Å². The summed E-state index contributed by atoms with van der Waals surface area (Å²) >= 11 is 0. The first-order valence-electron chi connectivity index (χ1n) is 7.28. The zero-order valence-electron chi connectivity index (χ0n) is 13.8. The van der Waals surface area contributed by atoms with Gasteiger partial charge in [-0.05, 0) is 25.1 Å². The fourth-order valence-corrected chi connectivity index (χ4v) is 2.42. The number of carbonyl (C=O) groups excluding carboxylic acids is 2. The second-order valence-electron chi connectivity index (χ2n) is 5.33. The van der Waals surface area contributed by atoms with Gasteiger partial charge in [-0.3, -0.25) is 9.59 Å². The van der Waals surface area contributed by atoms with E-state index in [1.54, 1.807) is 33.4 Å². The fraction of sp³-hybridized carbons (Fsp3) is 0.438. The van der Waals surface area contributed by atoms with Gasteiger partial charge in [-0.15, -0.1) is 0 Å². The molecule has 0 aromatic heterocycles. The van der Waals surface area contributed by atoms with E-state index < -0.39 is 0 Å². The molecule has 0 saturated carbocycles. The van der Waals surface area contributed by atoms with Crippen molar-refractivity contribution in [1.29, 1.82) is 0 Å². The van der Waals surface area contributed by atoms with Crippen molar-refractivity contribution >= 4 is 17.5 Å². The molecule has 2 rings (SSSR count). The highest BCUT2D eigenvalue weighted by Crippen LogP contribution is 2.29. The van der Waals surface area contributed by atoms with Crippen LogP contribution in [-0.2, 0) is 9.59 Å². The smallest absolute Gasteiger partial charge is 0.248 e. The van der Waals surface area contributed by atoms with Gasteiger partial charge in [0.2, 0.25) is 11.8 Å². The van der Waals surface area contributed by atoms with Crippen LogP contribution in [-0.4, -0.2) is 43.8 Å². The van der Waals surface area contributed by atoms with Crippen LogP contribution in [0.4, 0.5) is 0 Å². The van der Waals surface area contributed by atoms with Crippen LogP contribution in [0.5, 0.6) is 11.5 Å². The maximum Gasteiger partial charge on any atom is 0.248 e. The number of methoxy groups -OCH3 is 2. The number of carbonyl (C=O) groups is 2. The van der Waals surface area contributed by atoms with Crippen molar-refractivity contribution in [3.63, 3.8) is 0 Å². The van der Waals surface area contributed by atoms with Crippen LogP contribution < -0.4 is 14.8 Å². The minimum absolute atomic E-state index is 0.102. The van der Waals surface area contributed by atoms with E-state index in [0.29, 0.717) is 17.2 Å². The Morgan fingerprint density at radius 2 is 2.13 bits per heavy atom. The zero-order chi connectivity index (χ0) is 17.0. The van der Waals surface area contributed by atoms with Crippen molar-refractivity contribution in [2.75, 3.05) is 21.3 Å². The predicted molar refractivity (Wildman–Crippen MR) is 85.5 cm³/mol. The topological polar surface area (TPSA) is 80.2 Å². The molecule has 1 N–H and O–H groups in total. The molecule has 1 atom stereocenters. The van der Waals surface area contributed by atoms with E-state index in [1.807, 2.05) is 13.0 Å². The molecule has 2 amide bonds. The number of hydrogen-bond acceptors (Lipinski definition) is 5. The number of nitrogens with one attached hydrogen (secondary N) is 1. The molecule has 0 saturated heterocycles. The third-order valence-electron chi connectivity index (χ3n) is 3.65. The van der Waals surface area contributed by atoms with Gasteiger partial charge in [0.05, 0.1) is 38.8 Å². The average molecular weight is 319 g/mol. The average Bonchev–Trinajstić information content (AvgIpc) is 2.84. The Bertz CT molecular complexity index is 642. The standard InChI is InChI=1S/C16H21N3O4/c1-10(13-9-12(22-3)5-6-14(13)23-4)17-15(20)7-11-8-16(21)19(2)18-11/h5-6,9-10H,7-8H2,1-4H3,(H,17,20). The minimum Gasteiger partial charge on any atom is -0.497 e. The maximum absolute atomic E-state index is 12.2. The van der Waals surface area contributed by atoms with Crippen LogP contribution in [0.3, 0.4) is 0 Å².